The van der Waals surface area contributed by atoms with E-state index >= 15 is 0 Å². The van der Waals surface area contributed by atoms with Crippen LogP contribution in [-0.4, -0.2) is 29.8 Å². The van der Waals surface area contributed by atoms with E-state index in [0.29, 0.717) is 13.1 Å². The zero-order valence-electron chi connectivity index (χ0n) is 13.7. The zero-order valence-corrected chi connectivity index (χ0v) is 16.1. The van der Waals surface area contributed by atoms with Gasteiger partial charge in [-0.25, -0.2) is 0 Å². The molecule has 1 aliphatic heterocycles. The molecule has 4 nitrogen and oxygen atoms in total. The predicted octanol–water partition coefficient (Wildman–Crippen LogP) is 3.91. The number of hydrogen-bond acceptors (Lipinski definition) is 3. The summed E-state index contributed by atoms with van der Waals surface area (Å²) in [5.74, 6) is -0.611. The molecule has 130 valence electrons. The Morgan fingerprint density at radius 3 is 2.68 bits per heavy atom. The van der Waals surface area contributed by atoms with Crippen molar-refractivity contribution in [3.05, 3.63) is 51.8 Å². The molecule has 0 bridgehead atoms. The highest BCUT2D eigenvalue weighted by molar-refractivity contribution is 9.10. The van der Waals surface area contributed by atoms with E-state index in [1.165, 1.54) is 0 Å². The van der Waals surface area contributed by atoms with Crippen molar-refractivity contribution >= 4 is 45.2 Å². The first-order chi connectivity index (χ1) is 12.0. The van der Waals surface area contributed by atoms with Crippen molar-refractivity contribution < 1.29 is 9.59 Å². The highest BCUT2D eigenvalue weighted by Gasteiger charge is 2.25. The molecule has 2 heterocycles. The van der Waals surface area contributed by atoms with Gasteiger partial charge in [-0.1, -0.05) is 28.1 Å². The summed E-state index contributed by atoms with van der Waals surface area (Å²) in [5, 5.41) is 0. The Morgan fingerprint density at radius 1 is 1.20 bits per heavy atom. The molecule has 2 aromatic rings. The summed E-state index contributed by atoms with van der Waals surface area (Å²) in [6, 6.07) is 12.2. The minimum Gasteiger partial charge on any atom is -0.369 e. The van der Waals surface area contributed by atoms with Gasteiger partial charge in [0.05, 0.1) is 5.92 Å². The van der Waals surface area contributed by atoms with E-state index in [1.807, 2.05) is 24.3 Å². The highest BCUT2D eigenvalue weighted by Crippen LogP contribution is 2.29. The van der Waals surface area contributed by atoms with Gasteiger partial charge in [-0.2, -0.15) is 0 Å². The fourth-order valence-electron chi connectivity index (χ4n) is 2.88. The minimum atomic E-state index is -0.320. The summed E-state index contributed by atoms with van der Waals surface area (Å²) < 4.78 is 1.05. The van der Waals surface area contributed by atoms with Crippen LogP contribution in [-0.2, 0) is 9.59 Å². The number of nitrogens with zero attached hydrogens (tertiary/aromatic N) is 1. The number of thiophene rings is 1. The lowest BCUT2D eigenvalue weighted by molar-refractivity contribution is -0.130. The molecule has 0 spiro atoms. The number of benzene rings is 1. The van der Waals surface area contributed by atoms with Crippen LogP contribution in [0.3, 0.4) is 0 Å². The molecule has 2 amide bonds. The monoisotopic (exact) mass is 418 g/mol. The first kappa shape index (κ1) is 17.9. The molecule has 6 heteroatoms. The maximum atomic E-state index is 12.3. The van der Waals surface area contributed by atoms with Crippen LogP contribution in [0.2, 0.25) is 0 Å². The summed E-state index contributed by atoms with van der Waals surface area (Å²) in [5.41, 5.74) is 6.52. The Balaban J connectivity index is 1.65. The van der Waals surface area contributed by atoms with Gasteiger partial charge in [0.1, 0.15) is 0 Å². The van der Waals surface area contributed by atoms with Crippen molar-refractivity contribution in [3.8, 4) is 10.4 Å². The third-order valence-corrected chi connectivity index (χ3v) is 5.91. The van der Waals surface area contributed by atoms with Crippen molar-refractivity contribution in [2.45, 2.75) is 12.8 Å². The average Bonchev–Trinajstić information content (AvgIpc) is 3.09. The topological polar surface area (TPSA) is 63.4 Å². The lowest BCUT2D eigenvalue weighted by Gasteiger charge is -2.30. The zero-order chi connectivity index (χ0) is 17.8. The quantitative estimate of drug-likeness (QED) is 0.764. The Morgan fingerprint density at radius 2 is 1.96 bits per heavy atom. The van der Waals surface area contributed by atoms with Gasteiger partial charge in [0.25, 0.3) is 0 Å². The van der Waals surface area contributed by atoms with Crippen LogP contribution < -0.4 is 5.73 Å². The van der Waals surface area contributed by atoms with Gasteiger partial charge >= 0.3 is 0 Å². The lowest BCUT2D eigenvalue weighted by atomic mass is 9.97. The Bertz CT molecular complexity index is 798. The Kier molecular flexibility index (Phi) is 5.71. The number of amides is 2. The summed E-state index contributed by atoms with van der Waals surface area (Å²) >= 11 is 5.07. The molecule has 1 atom stereocenters. The van der Waals surface area contributed by atoms with Crippen LogP contribution >= 0.6 is 27.3 Å². The van der Waals surface area contributed by atoms with Gasteiger partial charge in [-0.3, -0.25) is 9.59 Å². The number of hydrogen-bond donors (Lipinski definition) is 1. The van der Waals surface area contributed by atoms with Gasteiger partial charge < -0.3 is 10.6 Å². The largest absolute Gasteiger partial charge is 0.369 e. The number of nitrogens with two attached hydrogens (primary N) is 1. The van der Waals surface area contributed by atoms with Crippen LogP contribution in [0.4, 0.5) is 0 Å². The Labute approximate surface area is 159 Å². The smallest absolute Gasteiger partial charge is 0.246 e. The molecule has 25 heavy (non-hydrogen) atoms. The maximum absolute atomic E-state index is 12.3. The van der Waals surface area contributed by atoms with E-state index in [0.717, 1.165) is 32.6 Å². The number of carbonyl (C=O) groups excluding carboxylic acids is 2. The summed E-state index contributed by atoms with van der Waals surface area (Å²) in [4.78, 5) is 27.6. The second-order valence-corrected chi connectivity index (χ2v) is 8.10. The van der Waals surface area contributed by atoms with Gasteiger partial charge in [0.2, 0.25) is 11.8 Å². The van der Waals surface area contributed by atoms with Crippen LogP contribution in [0.15, 0.2) is 46.9 Å². The molecule has 1 aromatic carbocycles. The summed E-state index contributed by atoms with van der Waals surface area (Å²) in [7, 11) is 0. The number of likely N-dealkylation sites (tertiary alicyclic amines) is 1. The molecule has 2 N–H and O–H groups in total. The third kappa shape index (κ3) is 4.58. The number of carbonyl (C=O) groups is 2. The van der Waals surface area contributed by atoms with E-state index in [9.17, 15) is 9.59 Å². The van der Waals surface area contributed by atoms with E-state index in [-0.39, 0.29) is 17.7 Å². The third-order valence-electron chi connectivity index (χ3n) is 4.28. The normalized spacial score (nSPS) is 17.8. The molecule has 0 saturated carbocycles. The van der Waals surface area contributed by atoms with Crippen molar-refractivity contribution in [2.75, 3.05) is 13.1 Å². The first-order valence-electron chi connectivity index (χ1n) is 8.15. The second kappa shape index (κ2) is 7.97. The van der Waals surface area contributed by atoms with Gasteiger partial charge in [-0.05, 0) is 48.7 Å². The highest BCUT2D eigenvalue weighted by atomic mass is 79.9. The number of piperidine rings is 1. The molecule has 0 aliphatic carbocycles. The van der Waals surface area contributed by atoms with Gasteiger partial charge in [0.15, 0.2) is 0 Å². The molecule has 1 fully saturated rings. The SMILES string of the molecule is NC(=O)C1CCCN(C(=O)/C=C/c2ccc(-c3ccc(Br)cc3)s2)C1. The van der Waals surface area contributed by atoms with E-state index in [4.69, 9.17) is 5.73 Å². The maximum Gasteiger partial charge on any atom is 0.246 e. The number of primary amides is 1. The van der Waals surface area contributed by atoms with E-state index in [1.54, 1.807) is 22.3 Å². The van der Waals surface area contributed by atoms with Crippen molar-refractivity contribution in [2.24, 2.45) is 11.7 Å². The van der Waals surface area contributed by atoms with Crippen LogP contribution in [0.5, 0.6) is 0 Å². The fourth-order valence-corrected chi connectivity index (χ4v) is 4.06. The van der Waals surface area contributed by atoms with Crippen molar-refractivity contribution in [3.63, 3.8) is 0 Å². The second-order valence-electron chi connectivity index (χ2n) is 6.07. The molecule has 3 rings (SSSR count). The molecule has 1 aliphatic rings. The standard InChI is InChI=1S/C19H19BrN2O2S/c20-15-5-3-13(4-6-15)17-9-7-16(25-17)8-10-18(23)22-11-1-2-14(12-22)19(21)24/h3-10,14H,1-2,11-12H2,(H2,21,24)/b10-8+. The molecular formula is C19H19BrN2O2S. The molecule has 1 saturated heterocycles. The summed E-state index contributed by atoms with van der Waals surface area (Å²) in [6.45, 7) is 1.11. The number of rotatable bonds is 4. The predicted molar refractivity (Wildman–Crippen MR) is 105 cm³/mol. The van der Waals surface area contributed by atoms with Crippen LogP contribution in [0.1, 0.15) is 17.7 Å². The summed E-state index contributed by atoms with van der Waals surface area (Å²) in [6.07, 6.45) is 5.01. The van der Waals surface area contributed by atoms with Gasteiger partial charge in [-0.15, -0.1) is 11.3 Å². The lowest BCUT2D eigenvalue weighted by Crippen LogP contribution is -2.43. The van der Waals surface area contributed by atoms with Crippen LogP contribution in [0.25, 0.3) is 16.5 Å². The molecule has 1 unspecified atom stereocenters. The molecular weight excluding hydrogens is 400 g/mol. The Hall–Kier alpha value is -1.92. The minimum absolute atomic E-state index is 0.0652. The van der Waals surface area contributed by atoms with Crippen LogP contribution in [0, 0.1) is 5.92 Å². The number of halogens is 1. The van der Waals surface area contributed by atoms with Crippen molar-refractivity contribution in [1.29, 1.82) is 0 Å². The van der Waals surface area contributed by atoms with E-state index < -0.39 is 0 Å². The van der Waals surface area contributed by atoms with Crippen molar-refractivity contribution in [1.82, 2.24) is 4.90 Å². The average molecular weight is 419 g/mol. The van der Waals surface area contributed by atoms with E-state index in [2.05, 4.69) is 34.1 Å². The fraction of sp³-hybridized carbons (Fsp3) is 0.263. The molecule has 0 radical (unpaired) electrons. The van der Waals surface area contributed by atoms with Gasteiger partial charge in [0, 0.05) is 33.4 Å². The molecule has 1 aromatic heterocycles. The first-order valence-corrected chi connectivity index (χ1v) is 9.76.